The number of benzene rings is 1. The Morgan fingerprint density at radius 1 is 1.24 bits per heavy atom. The molecule has 4 heteroatoms. The van der Waals surface area contributed by atoms with Crippen LogP contribution in [-0.2, 0) is 17.6 Å². The van der Waals surface area contributed by atoms with E-state index in [0.717, 1.165) is 23.3 Å². The van der Waals surface area contributed by atoms with E-state index in [2.05, 4.69) is 0 Å². The van der Waals surface area contributed by atoms with Crippen molar-refractivity contribution in [3.63, 3.8) is 0 Å². The van der Waals surface area contributed by atoms with Gasteiger partial charge in [-0.2, -0.15) is 0 Å². The standard InChI is InChI=1S/C17H23ClO3/c1-15(2)10-17(19,16(3,4)21-15)9-12-8-13(18)7-11-5-6-20-14(11)12/h7-8,19H,5-6,9-10H2,1-4H3. The lowest BCUT2D eigenvalue weighted by Crippen LogP contribution is -2.48. The molecule has 1 aromatic rings. The van der Waals surface area contributed by atoms with Gasteiger partial charge in [-0.25, -0.2) is 0 Å². The number of rotatable bonds is 2. The second-order valence-electron chi connectivity index (χ2n) is 7.41. The fraction of sp³-hybridized carbons (Fsp3) is 0.647. The van der Waals surface area contributed by atoms with Crippen LogP contribution in [0.15, 0.2) is 12.1 Å². The first kappa shape index (κ1) is 15.1. The van der Waals surface area contributed by atoms with Crippen LogP contribution in [0.3, 0.4) is 0 Å². The summed E-state index contributed by atoms with van der Waals surface area (Å²) in [4.78, 5) is 0. The first-order chi connectivity index (χ1) is 9.62. The van der Waals surface area contributed by atoms with E-state index < -0.39 is 11.2 Å². The summed E-state index contributed by atoms with van der Waals surface area (Å²) in [5.41, 5.74) is 0.246. The Morgan fingerprint density at radius 2 is 1.95 bits per heavy atom. The van der Waals surface area contributed by atoms with Gasteiger partial charge >= 0.3 is 0 Å². The third-order valence-corrected chi connectivity index (χ3v) is 4.90. The maximum atomic E-state index is 11.2. The van der Waals surface area contributed by atoms with Crippen LogP contribution in [0.4, 0.5) is 0 Å². The van der Waals surface area contributed by atoms with E-state index in [1.165, 1.54) is 0 Å². The van der Waals surface area contributed by atoms with E-state index in [-0.39, 0.29) is 5.60 Å². The van der Waals surface area contributed by atoms with Crippen molar-refractivity contribution in [3.8, 4) is 5.75 Å². The number of aliphatic hydroxyl groups is 1. The maximum Gasteiger partial charge on any atom is 0.126 e. The Balaban J connectivity index is 1.97. The molecule has 0 spiro atoms. The van der Waals surface area contributed by atoms with Crippen LogP contribution in [0.2, 0.25) is 5.02 Å². The largest absolute Gasteiger partial charge is 0.493 e. The third kappa shape index (κ3) is 2.56. The summed E-state index contributed by atoms with van der Waals surface area (Å²) in [6.07, 6.45) is 1.97. The molecule has 0 bridgehead atoms. The minimum absolute atomic E-state index is 0.332. The molecule has 0 amide bonds. The van der Waals surface area contributed by atoms with E-state index >= 15 is 0 Å². The van der Waals surface area contributed by atoms with Crippen molar-refractivity contribution in [2.45, 2.75) is 63.8 Å². The molecule has 0 aromatic heterocycles. The van der Waals surface area contributed by atoms with Crippen molar-refractivity contribution < 1.29 is 14.6 Å². The van der Waals surface area contributed by atoms with Crippen molar-refractivity contribution in [2.75, 3.05) is 6.61 Å². The number of fused-ring (bicyclic) bond motifs is 1. The Morgan fingerprint density at radius 3 is 2.57 bits per heavy atom. The fourth-order valence-electron chi connectivity index (χ4n) is 3.81. The first-order valence-corrected chi connectivity index (χ1v) is 7.86. The molecule has 1 aromatic carbocycles. The summed E-state index contributed by atoms with van der Waals surface area (Å²) in [6, 6.07) is 3.86. The second kappa shape index (κ2) is 4.61. The summed E-state index contributed by atoms with van der Waals surface area (Å²) in [6.45, 7) is 8.63. The topological polar surface area (TPSA) is 38.7 Å². The predicted molar refractivity (Wildman–Crippen MR) is 83.2 cm³/mol. The van der Waals surface area contributed by atoms with Crippen molar-refractivity contribution in [3.05, 3.63) is 28.3 Å². The molecule has 1 fully saturated rings. The maximum absolute atomic E-state index is 11.2. The lowest BCUT2D eigenvalue weighted by Gasteiger charge is -2.35. The third-order valence-electron chi connectivity index (χ3n) is 4.68. The SMILES string of the molecule is CC1(C)CC(O)(Cc2cc(Cl)cc3c2OCC3)C(C)(C)O1. The molecule has 1 unspecified atom stereocenters. The first-order valence-electron chi connectivity index (χ1n) is 7.49. The van der Waals surface area contributed by atoms with Crippen molar-refractivity contribution in [1.82, 2.24) is 0 Å². The summed E-state index contributed by atoms with van der Waals surface area (Å²) in [7, 11) is 0. The van der Waals surface area contributed by atoms with E-state index in [9.17, 15) is 5.11 Å². The molecule has 3 rings (SSSR count). The zero-order valence-corrected chi connectivity index (χ0v) is 13.9. The van der Waals surface area contributed by atoms with Gasteiger partial charge in [-0.15, -0.1) is 0 Å². The van der Waals surface area contributed by atoms with Gasteiger partial charge in [-0.3, -0.25) is 0 Å². The molecule has 116 valence electrons. The van der Waals surface area contributed by atoms with Gasteiger partial charge in [-0.1, -0.05) is 11.6 Å². The van der Waals surface area contributed by atoms with Crippen LogP contribution in [0.25, 0.3) is 0 Å². The fourth-order valence-corrected chi connectivity index (χ4v) is 4.07. The lowest BCUT2D eigenvalue weighted by molar-refractivity contribution is -0.125. The Bertz CT molecular complexity index is 580. The summed E-state index contributed by atoms with van der Waals surface area (Å²) < 4.78 is 11.8. The summed E-state index contributed by atoms with van der Waals surface area (Å²) in [5, 5.41) is 11.9. The summed E-state index contributed by atoms with van der Waals surface area (Å²) >= 11 is 6.22. The molecule has 21 heavy (non-hydrogen) atoms. The molecule has 1 N–H and O–H groups in total. The summed E-state index contributed by atoms with van der Waals surface area (Å²) in [5.74, 6) is 0.897. The van der Waals surface area contributed by atoms with E-state index in [1.54, 1.807) is 0 Å². The monoisotopic (exact) mass is 310 g/mol. The molecular weight excluding hydrogens is 288 g/mol. The van der Waals surface area contributed by atoms with E-state index in [4.69, 9.17) is 21.1 Å². The highest BCUT2D eigenvalue weighted by Crippen LogP contribution is 2.48. The quantitative estimate of drug-likeness (QED) is 0.908. The molecule has 1 atom stereocenters. The molecule has 1 saturated heterocycles. The molecule has 3 nitrogen and oxygen atoms in total. The van der Waals surface area contributed by atoms with Gasteiger partial charge in [-0.05, 0) is 51.0 Å². The van der Waals surface area contributed by atoms with Crippen molar-refractivity contribution in [2.24, 2.45) is 0 Å². The Hall–Kier alpha value is -0.770. The number of ether oxygens (including phenoxy) is 2. The van der Waals surface area contributed by atoms with E-state index in [1.807, 2.05) is 39.8 Å². The van der Waals surface area contributed by atoms with Crippen LogP contribution in [0, 0.1) is 0 Å². The van der Waals surface area contributed by atoms with E-state index in [0.29, 0.717) is 24.5 Å². The van der Waals surface area contributed by atoms with Crippen LogP contribution in [-0.4, -0.2) is 28.5 Å². The van der Waals surface area contributed by atoms with Gasteiger partial charge in [0, 0.05) is 24.3 Å². The molecule has 2 aliphatic rings. The molecule has 0 saturated carbocycles. The number of hydrogen-bond donors (Lipinski definition) is 1. The average molecular weight is 311 g/mol. The Labute approximate surface area is 131 Å². The van der Waals surface area contributed by atoms with Crippen molar-refractivity contribution in [1.29, 1.82) is 0 Å². The number of halogens is 1. The minimum Gasteiger partial charge on any atom is -0.493 e. The van der Waals surface area contributed by atoms with Gasteiger partial charge in [0.15, 0.2) is 0 Å². The number of hydrogen-bond acceptors (Lipinski definition) is 3. The minimum atomic E-state index is -0.930. The average Bonchev–Trinajstić information content (AvgIpc) is 2.78. The molecule has 2 heterocycles. The predicted octanol–water partition coefficient (Wildman–Crippen LogP) is 3.53. The normalized spacial score (nSPS) is 29.2. The Kier molecular flexibility index (Phi) is 3.32. The van der Waals surface area contributed by atoms with Crippen LogP contribution >= 0.6 is 11.6 Å². The van der Waals surface area contributed by atoms with Gasteiger partial charge in [0.05, 0.1) is 23.4 Å². The highest BCUT2D eigenvalue weighted by Gasteiger charge is 2.56. The van der Waals surface area contributed by atoms with Gasteiger partial charge < -0.3 is 14.6 Å². The van der Waals surface area contributed by atoms with Crippen LogP contribution < -0.4 is 4.74 Å². The van der Waals surface area contributed by atoms with Gasteiger partial charge in [0.1, 0.15) is 5.75 Å². The zero-order chi connectivity index (χ0) is 15.5. The van der Waals surface area contributed by atoms with Crippen LogP contribution in [0.5, 0.6) is 5.75 Å². The second-order valence-corrected chi connectivity index (χ2v) is 7.85. The zero-order valence-electron chi connectivity index (χ0n) is 13.1. The molecule has 2 aliphatic heterocycles. The molecular formula is C17H23ClO3. The van der Waals surface area contributed by atoms with Crippen molar-refractivity contribution >= 4 is 11.6 Å². The highest BCUT2D eigenvalue weighted by molar-refractivity contribution is 6.30. The smallest absolute Gasteiger partial charge is 0.126 e. The highest BCUT2D eigenvalue weighted by atomic mass is 35.5. The molecule has 0 aliphatic carbocycles. The molecule has 0 radical (unpaired) electrons. The van der Waals surface area contributed by atoms with Gasteiger partial charge in [0.2, 0.25) is 0 Å². The van der Waals surface area contributed by atoms with Crippen LogP contribution in [0.1, 0.15) is 45.2 Å². The lowest BCUT2D eigenvalue weighted by atomic mass is 9.77. The van der Waals surface area contributed by atoms with Gasteiger partial charge in [0.25, 0.3) is 0 Å².